The molecule has 1 aromatic rings. The van der Waals surface area contributed by atoms with Gasteiger partial charge >= 0.3 is 157 Å². The summed E-state index contributed by atoms with van der Waals surface area (Å²) in [5.74, 6) is 0.977. The van der Waals surface area contributed by atoms with Gasteiger partial charge in [-0.15, -0.1) is 0 Å². The normalized spacial score (nSPS) is 14.5. The van der Waals surface area contributed by atoms with Gasteiger partial charge in [-0.25, -0.2) is 0 Å². The molecule has 0 saturated heterocycles. The van der Waals surface area contributed by atoms with Crippen LogP contribution in [0.15, 0.2) is 23.3 Å². The second-order valence-corrected chi connectivity index (χ2v) is 9.56. The van der Waals surface area contributed by atoms with E-state index in [9.17, 15) is 0 Å². The van der Waals surface area contributed by atoms with Crippen LogP contribution in [0.3, 0.4) is 0 Å². The first kappa shape index (κ1) is 21.2. The van der Waals surface area contributed by atoms with Crippen molar-refractivity contribution in [3.8, 4) is 5.75 Å². The average Bonchev–Trinajstić information content (AvgIpc) is 2.60. The second kappa shape index (κ2) is 11.7. The molecule has 0 aliphatic carbocycles. The molecule has 134 valence electrons. The molecule has 24 heavy (non-hydrogen) atoms. The van der Waals surface area contributed by atoms with Gasteiger partial charge in [-0.2, -0.15) is 0 Å². The SMILES string of the molecule is CCC[C@H]([Se]c1c(OC)cccc1[C@H](C)SC)[C@@H](CCC)N=[N+]=[N-]. The van der Waals surface area contributed by atoms with E-state index in [1.165, 1.54) is 10.0 Å². The summed E-state index contributed by atoms with van der Waals surface area (Å²) in [7, 11) is 1.74. The van der Waals surface area contributed by atoms with Crippen LogP contribution >= 0.6 is 11.8 Å². The summed E-state index contributed by atoms with van der Waals surface area (Å²) in [6.07, 6.45) is 6.34. The summed E-state index contributed by atoms with van der Waals surface area (Å²) in [6.45, 7) is 6.60. The Morgan fingerprint density at radius 2 is 2.00 bits per heavy atom. The van der Waals surface area contributed by atoms with Gasteiger partial charge in [0.05, 0.1) is 0 Å². The van der Waals surface area contributed by atoms with Crippen LogP contribution in [-0.2, 0) is 0 Å². The molecular formula is C18H29N3OSSe. The van der Waals surface area contributed by atoms with Crippen LogP contribution in [0, 0.1) is 0 Å². The first-order valence-corrected chi connectivity index (χ1v) is 11.7. The van der Waals surface area contributed by atoms with E-state index in [1.54, 1.807) is 7.11 Å². The Balaban J connectivity index is 3.23. The van der Waals surface area contributed by atoms with E-state index in [-0.39, 0.29) is 21.0 Å². The van der Waals surface area contributed by atoms with Crippen molar-refractivity contribution in [1.82, 2.24) is 0 Å². The summed E-state index contributed by atoms with van der Waals surface area (Å²) >= 11 is 2.07. The van der Waals surface area contributed by atoms with Gasteiger partial charge in [-0.05, 0) is 0 Å². The molecule has 4 nitrogen and oxygen atoms in total. The molecule has 0 aliphatic heterocycles. The van der Waals surface area contributed by atoms with E-state index < -0.39 is 0 Å². The standard InChI is InChI=1S/C18H29N3OSSe/c1-6-9-15(20-21-19)17(10-7-2)24-18-14(13(3)23-5)11-8-12-16(18)22-4/h8,11-13,15,17H,6-7,9-10H2,1-5H3/t13-,15+,17-/m0/s1. The molecule has 6 heteroatoms. The molecule has 0 bridgehead atoms. The minimum absolute atomic E-state index is 0.0855. The van der Waals surface area contributed by atoms with E-state index in [0.717, 1.165) is 31.4 Å². The van der Waals surface area contributed by atoms with E-state index in [1.807, 2.05) is 11.8 Å². The van der Waals surface area contributed by atoms with Gasteiger partial charge in [-0.3, -0.25) is 0 Å². The molecule has 1 rings (SSSR count). The van der Waals surface area contributed by atoms with Crippen molar-refractivity contribution in [1.29, 1.82) is 0 Å². The molecule has 3 atom stereocenters. The van der Waals surface area contributed by atoms with Crippen LogP contribution in [0.5, 0.6) is 5.75 Å². The Morgan fingerprint density at radius 1 is 1.29 bits per heavy atom. The Bertz CT molecular complexity index is 549. The molecule has 0 heterocycles. The number of methoxy groups -OCH3 is 1. The van der Waals surface area contributed by atoms with Crippen LogP contribution in [0.2, 0.25) is 4.82 Å². The van der Waals surface area contributed by atoms with Gasteiger partial charge in [-0.1, -0.05) is 0 Å². The van der Waals surface area contributed by atoms with Crippen molar-refractivity contribution >= 4 is 31.2 Å². The topological polar surface area (TPSA) is 58.0 Å². The van der Waals surface area contributed by atoms with Crippen LogP contribution in [0.1, 0.15) is 57.3 Å². The minimum atomic E-state index is 0.0855. The van der Waals surface area contributed by atoms with Crippen molar-refractivity contribution in [3.63, 3.8) is 0 Å². The summed E-state index contributed by atoms with van der Waals surface area (Å²) in [5.41, 5.74) is 10.3. The maximum atomic E-state index is 8.97. The van der Waals surface area contributed by atoms with E-state index in [2.05, 4.69) is 55.3 Å². The number of azide groups is 1. The number of rotatable bonds is 11. The van der Waals surface area contributed by atoms with Crippen LogP contribution in [-0.4, -0.2) is 34.4 Å². The Labute approximate surface area is 156 Å². The number of thioether (sulfide) groups is 1. The first-order chi connectivity index (χ1) is 11.6. The Hall–Kier alpha value is -0.801. The van der Waals surface area contributed by atoms with Gasteiger partial charge < -0.3 is 0 Å². The maximum absolute atomic E-state index is 8.97. The number of hydrogen-bond acceptors (Lipinski definition) is 3. The van der Waals surface area contributed by atoms with E-state index in [0.29, 0.717) is 10.1 Å². The fourth-order valence-corrected chi connectivity index (χ4v) is 6.80. The molecule has 0 unspecified atom stereocenters. The van der Waals surface area contributed by atoms with Crippen molar-refractivity contribution in [2.24, 2.45) is 5.11 Å². The zero-order valence-corrected chi connectivity index (χ0v) is 17.9. The first-order valence-electron chi connectivity index (χ1n) is 8.53. The molecule has 0 N–H and O–H groups in total. The number of hydrogen-bond donors (Lipinski definition) is 0. The summed E-state index contributed by atoms with van der Waals surface area (Å²) < 4.78 is 7.00. The predicted molar refractivity (Wildman–Crippen MR) is 107 cm³/mol. The second-order valence-electron chi connectivity index (χ2n) is 5.76. The number of benzene rings is 1. The van der Waals surface area contributed by atoms with Crippen molar-refractivity contribution < 1.29 is 4.74 Å². The Morgan fingerprint density at radius 3 is 2.54 bits per heavy atom. The summed E-state index contributed by atoms with van der Waals surface area (Å²) in [6, 6.07) is 6.43. The van der Waals surface area contributed by atoms with Crippen LogP contribution < -0.4 is 9.20 Å². The summed E-state index contributed by atoms with van der Waals surface area (Å²) in [5, 5.41) is 4.56. The van der Waals surface area contributed by atoms with Gasteiger partial charge in [0.25, 0.3) is 0 Å². The monoisotopic (exact) mass is 415 g/mol. The molecule has 0 spiro atoms. The fourth-order valence-electron chi connectivity index (χ4n) is 2.71. The van der Waals surface area contributed by atoms with E-state index >= 15 is 0 Å². The summed E-state index contributed by atoms with van der Waals surface area (Å²) in [4.78, 5) is 3.53. The van der Waals surface area contributed by atoms with Gasteiger partial charge in [0.2, 0.25) is 0 Å². The third-order valence-electron chi connectivity index (χ3n) is 4.08. The van der Waals surface area contributed by atoms with Crippen molar-refractivity contribution in [2.75, 3.05) is 13.4 Å². The zero-order chi connectivity index (χ0) is 17.9. The molecule has 1 aromatic carbocycles. The third-order valence-corrected chi connectivity index (χ3v) is 8.24. The molecular weight excluding hydrogens is 385 g/mol. The van der Waals surface area contributed by atoms with E-state index in [4.69, 9.17) is 10.3 Å². The number of nitrogens with zero attached hydrogens (tertiary/aromatic N) is 3. The molecule has 0 saturated carbocycles. The fraction of sp³-hybridized carbons (Fsp3) is 0.667. The molecule has 0 aromatic heterocycles. The van der Waals surface area contributed by atoms with Crippen molar-refractivity contribution in [2.45, 2.75) is 62.6 Å². The molecule has 0 aliphatic rings. The molecule has 0 amide bonds. The zero-order valence-electron chi connectivity index (χ0n) is 15.4. The molecule has 0 fully saturated rings. The quantitative estimate of drug-likeness (QED) is 0.207. The van der Waals surface area contributed by atoms with Crippen LogP contribution in [0.4, 0.5) is 0 Å². The van der Waals surface area contributed by atoms with Gasteiger partial charge in [0, 0.05) is 0 Å². The molecule has 0 radical (unpaired) electrons. The van der Waals surface area contributed by atoms with Gasteiger partial charge in [0.15, 0.2) is 0 Å². The predicted octanol–water partition coefficient (Wildman–Crippen LogP) is 5.52. The average molecular weight is 414 g/mol. The number of ether oxygens (including phenoxy) is 1. The Kier molecular flexibility index (Phi) is 10.4. The van der Waals surface area contributed by atoms with Crippen LogP contribution in [0.25, 0.3) is 10.4 Å². The third kappa shape index (κ3) is 5.93. The van der Waals surface area contributed by atoms with Gasteiger partial charge in [0.1, 0.15) is 0 Å². The van der Waals surface area contributed by atoms with Crippen molar-refractivity contribution in [3.05, 3.63) is 34.2 Å².